The Morgan fingerprint density at radius 1 is 1.12 bits per heavy atom. The summed E-state index contributed by atoms with van der Waals surface area (Å²) < 4.78 is 0. The van der Waals surface area contributed by atoms with Gasteiger partial charge in [-0.3, -0.25) is 14.4 Å². The molecule has 184 valence electrons. The van der Waals surface area contributed by atoms with Gasteiger partial charge in [-0.25, -0.2) is 0 Å². The van der Waals surface area contributed by atoms with Gasteiger partial charge in [0.15, 0.2) is 5.78 Å². The summed E-state index contributed by atoms with van der Waals surface area (Å²) in [5.41, 5.74) is -1.23. The molecule has 4 aliphatic rings. The SMILES string of the molecule is C[C@H](CCC(=O)O)[C@@H]1CC(=O)[C@]2(C)C3=C(C(=O)C[C@]12C)[C@]1(C)CC[C@H](O)C(C)(C)[C@H]1C[C@H]3O. The Bertz CT molecular complexity index is 933. The number of carbonyl (C=O) groups is 3. The molecule has 3 N–H and O–H groups in total. The van der Waals surface area contributed by atoms with Gasteiger partial charge in [0.05, 0.1) is 17.6 Å². The van der Waals surface area contributed by atoms with Crippen LogP contribution in [0, 0.1) is 39.4 Å². The molecule has 0 bridgehead atoms. The average Bonchev–Trinajstić information content (AvgIpc) is 2.92. The van der Waals surface area contributed by atoms with Gasteiger partial charge in [0.2, 0.25) is 0 Å². The van der Waals surface area contributed by atoms with Crippen molar-refractivity contribution in [3.8, 4) is 0 Å². The number of ketones is 2. The van der Waals surface area contributed by atoms with Crippen LogP contribution in [0.15, 0.2) is 11.1 Å². The molecule has 4 aliphatic carbocycles. The van der Waals surface area contributed by atoms with E-state index in [9.17, 15) is 24.6 Å². The third-order valence-corrected chi connectivity index (χ3v) is 10.9. The minimum absolute atomic E-state index is 0.0142. The molecule has 0 saturated heterocycles. The van der Waals surface area contributed by atoms with Crippen molar-refractivity contribution in [3.63, 3.8) is 0 Å². The highest BCUT2D eigenvalue weighted by atomic mass is 16.4. The lowest BCUT2D eigenvalue weighted by atomic mass is 9.42. The third-order valence-electron chi connectivity index (χ3n) is 10.9. The van der Waals surface area contributed by atoms with Crippen LogP contribution in [0.25, 0.3) is 0 Å². The number of rotatable bonds is 4. The highest BCUT2D eigenvalue weighted by Crippen LogP contribution is 2.70. The third kappa shape index (κ3) is 3.09. The first-order valence-electron chi connectivity index (χ1n) is 12.5. The molecule has 8 atom stereocenters. The Morgan fingerprint density at radius 2 is 1.76 bits per heavy atom. The molecule has 0 amide bonds. The summed E-state index contributed by atoms with van der Waals surface area (Å²) >= 11 is 0. The molecule has 0 aliphatic heterocycles. The maximum Gasteiger partial charge on any atom is 0.303 e. The number of aliphatic hydroxyl groups excluding tert-OH is 2. The van der Waals surface area contributed by atoms with Crippen LogP contribution in [0.2, 0.25) is 0 Å². The van der Waals surface area contributed by atoms with Crippen molar-refractivity contribution < 1.29 is 29.7 Å². The van der Waals surface area contributed by atoms with E-state index >= 15 is 0 Å². The summed E-state index contributed by atoms with van der Waals surface area (Å²) in [5.74, 6) is -0.940. The van der Waals surface area contributed by atoms with E-state index in [0.29, 0.717) is 43.3 Å². The molecule has 33 heavy (non-hydrogen) atoms. The van der Waals surface area contributed by atoms with Crippen molar-refractivity contribution in [1.82, 2.24) is 0 Å². The van der Waals surface area contributed by atoms with Crippen molar-refractivity contribution in [2.24, 2.45) is 39.4 Å². The average molecular weight is 461 g/mol. The van der Waals surface area contributed by atoms with E-state index in [1.807, 2.05) is 34.6 Å². The molecule has 6 heteroatoms. The second-order valence-electron chi connectivity index (χ2n) is 12.7. The van der Waals surface area contributed by atoms with Crippen LogP contribution in [0.4, 0.5) is 0 Å². The summed E-state index contributed by atoms with van der Waals surface area (Å²) in [5, 5.41) is 31.4. The van der Waals surface area contributed by atoms with Gasteiger partial charge in [-0.15, -0.1) is 0 Å². The number of fused-ring (bicyclic) bond motifs is 4. The Hall–Kier alpha value is -1.53. The number of hydrogen-bond donors (Lipinski definition) is 3. The van der Waals surface area contributed by atoms with Gasteiger partial charge < -0.3 is 15.3 Å². The highest BCUT2D eigenvalue weighted by Gasteiger charge is 2.70. The van der Waals surface area contributed by atoms with E-state index in [1.165, 1.54) is 0 Å². The molecule has 0 aromatic carbocycles. The van der Waals surface area contributed by atoms with Gasteiger partial charge >= 0.3 is 5.97 Å². The van der Waals surface area contributed by atoms with Gasteiger partial charge in [-0.1, -0.05) is 34.6 Å². The van der Waals surface area contributed by atoms with E-state index in [4.69, 9.17) is 5.11 Å². The zero-order valence-corrected chi connectivity index (χ0v) is 20.9. The second kappa shape index (κ2) is 7.48. The lowest BCUT2D eigenvalue weighted by molar-refractivity contribution is -0.142. The van der Waals surface area contributed by atoms with E-state index in [1.54, 1.807) is 0 Å². The van der Waals surface area contributed by atoms with Gasteiger partial charge in [0, 0.05) is 24.8 Å². The summed E-state index contributed by atoms with van der Waals surface area (Å²) in [7, 11) is 0. The summed E-state index contributed by atoms with van der Waals surface area (Å²) in [6.07, 6.45) is 1.38. The Balaban J connectivity index is 1.85. The first kappa shape index (κ1) is 24.6. The predicted molar refractivity (Wildman–Crippen MR) is 123 cm³/mol. The van der Waals surface area contributed by atoms with E-state index in [0.717, 1.165) is 0 Å². The molecular weight excluding hydrogens is 420 g/mol. The lowest BCUT2D eigenvalue weighted by Crippen LogP contribution is -2.60. The molecule has 6 nitrogen and oxygen atoms in total. The zero-order chi connectivity index (χ0) is 24.7. The maximum absolute atomic E-state index is 13.9. The first-order valence-corrected chi connectivity index (χ1v) is 12.5. The highest BCUT2D eigenvalue weighted by molar-refractivity contribution is 6.05. The number of aliphatic hydroxyl groups is 2. The normalized spacial score (nSPS) is 45.3. The van der Waals surface area contributed by atoms with Crippen LogP contribution in [0.3, 0.4) is 0 Å². The van der Waals surface area contributed by atoms with Gasteiger partial charge in [0.25, 0.3) is 0 Å². The van der Waals surface area contributed by atoms with Crippen molar-refractivity contribution in [1.29, 1.82) is 0 Å². The Labute approximate surface area is 196 Å². The first-order chi connectivity index (χ1) is 15.1. The van der Waals surface area contributed by atoms with E-state index < -0.39 is 39.8 Å². The molecule has 4 rings (SSSR count). The number of allylic oxidation sites excluding steroid dienone is 1. The van der Waals surface area contributed by atoms with Gasteiger partial charge in [0.1, 0.15) is 5.78 Å². The standard InChI is InChI=1S/C27H40O6/c1-14(7-8-21(32)33)15-11-20(31)27(6)23-16(28)12-18-24(2,3)19(30)9-10-25(18,4)22(23)17(29)13-26(15,27)5/h14-16,18-19,28,30H,7-13H2,1-6H3,(H,32,33)/t14-,15+,16-,18-,19+,25-,26-,27-/m1/s1. The van der Waals surface area contributed by atoms with Crippen LogP contribution < -0.4 is 0 Å². The van der Waals surface area contributed by atoms with Gasteiger partial charge in [-0.05, 0) is 72.2 Å². The van der Waals surface area contributed by atoms with Crippen LogP contribution in [-0.2, 0) is 14.4 Å². The summed E-state index contributed by atoms with van der Waals surface area (Å²) in [4.78, 5) is 38.8. The number of aliphatic carboxylic acids is 1. The predicted octanol–water partition coefficient (Wildman–Crippen LogP) is 3.93. The van der Waals surface area contributed by atoms with Crippen molar-refractivity contribution in [3.05, 3.63) is 11.1 Å². The lowest BCUT2D eigenvalue weighted by Gasteiger charge is -2.61. The quantitative estimate of drug-likeness (QED) is 0.586. The molecule has 0 aromatic heterocycles. The Kier molecular flexibility index (Phi) is 5.58. The van der Waals surface area contributed by atoms with Crippen LogP contribution in [0.5, 0.6) is 0 Å². The number of hydrogen-bond acceptors (Lipinski definition) is 5. The fraction of sp³-hybridized carbons (Fsp3) is 0.815. The fourth-order valence-corrected chi connectivity index (χ4v) is 8.65. The molecule has 0 aromatic rings. The zero-order valence-electron chi connectivity index (χ0n) is 20.9. The number of carbonyl (C=O) groups excluding carboxylic acids is 2. The monoisotopic (exact) mass is 460 g/mol. The van der Waals surface area contributed by atoms with Crippen molar-refractivity contribution >= 4 is 17.5 Å². The summed E-state index contributed by atoms with van der Waals surface area (Å²) in [6.45, 7) is 12.1. The molecule has 0 unspecified atom stereocenters. The van der Waals surface area contributed by atoms with E-state index in [-0.39, 0.29) is 42.2 Å². The second-order valence-corrected chi connectivity index (χ2v) is 12.7. The van der Waals surface area contributed by atoms with Crippen molar-refractivity contribution in [2.45, 2.75) is 98.7 Å². The minimum atomic E-state index is -0.938. The van der Waals surface area contributed by atoms with Crippen LogP contribution >= 0.6 is 0 Å². The van der Waals surface area contributed by atoms with Gasteiger partial charge in [-0.2, -0.15) is 0 Å². The number of carboxylic acids is 1. The fourth-order valence-electron chi connectivity index (χ4n) is 8.65. The van der Waals surface area contributed by atoms with Crippen LogP contribution in [-0.4, -0.2) is 45.1 Å². The van der Waals surface area contributed by atoms with E-state index in [2.05, 4.69) is 6.92 Å². The molecule has 2 saturated carbocycles. The molecule has 2 fully saturated rings. The maximum atomic E-state index is 13.9. The molecule has 0 heterocycles. The van der Waals surface area contributed by atoms with Crippen LogP contribution in [0.1, 0.15) is 86.5 Å². The Morgan fingerprint density at radius 3 is 2.36 bits per heavy atom. The topological polar surface area (TPSA) is 112 Å². The number of Topliss-reactive ketones (excluding diaryl/α,β-unsaturated/α-hetero) is 2. The minimum Gasteiger partial charge on any atom is -0.481 e. The smallest absolute Gasteiger partial charge is 0.303 e. The molecular formula is C27H40O6. The number of carboxylic acid groups (broad SMARTS) is 1. The summed E-state index contributed by atoms with van der Waals surface area (Å²) in [6, 6.07) is 0. The largest absolute Gasteiger partial charge is 0.481 e. The van der Waals surface area contributed by atoms with Crippen molar-refractivity contribution in [2.75, 3.05) is 0 Å². The molecule has 0 spiro atoms. The molecule has 0 radical (unpaired) electrons.